The van der Waals surface area contributed by atoms with Crippen molar-refractivity contribution in [2.24, 2.45) is 0 Å². The van der Waals surface area contributed by atoms with Crippen LogP contribution in [0.1, 0.15) is 18.9 Å². The van der Waals surface area contributed by atoms with Gasteiger partial charge in [0.15, 0.2) is 5.82 Å². The highest BCUT2D eigenvalue weighted by Crippen LogP contribution is 2.21. The minimum atomic E-state index is -3.83. The van der Waals surface area contributed by atoms with E-state index in [1.54, 1.807) is 18.2 Å². The molecule has 0 amide bonds. The third-order valence-corrected chi connectivity index (χ3v) is 4.14. The molecule has 0 aliphatic heterocycles. The van der Waals surface area contributed by atoms with E-state index in [-0.39, 0.29) is 10.7 Å². The minimum Gasteiger partial charge on any atom is -0.381 e. The average molecular weight is 305 g/mol. The summed E-state index contributed by atoms with van der Waals surface area (Å²) in [5.41, 5.74) is 6.33. The van der Waals surface area contributed by atoms with Crippen molar-refractivity contribution in [1.82, 2.24) is 9.78 Å². The Morgan fingerprint density at radius 2 is 2.24 bits per heavy atom. The Bertz CT molecular complexity index is 789. The molecular formula is C13H15N5O2S. The second-order valence-electron chi connectivity index (χ2n) is 4.44. The molecule has 0 spiro atoms. The molecule has 3 N–H and O–H groups in total. The summed E-state index contributed by atoms with van der Waals surface area (Å²) in [4.78, 5) is -0.0710. The van der Waals surface area contributed by atoms with Crippen LogP contribution in [0.25, 0.3) is 0 Å². The van der Waals surface area contributed by atoms with Gasteiger partial charge in [-0.2, -0.15) is 10.4 Å². The van der Waals surface area contributed by atoms with Gasteiger partial charge in [0.05, 0.1) is 17.3 Å². The summed E-state index contributed by atoms with van der Waals surface area (Å²) in [6.07, 6.45) is 2.22. The summed E-state index contributed by atoms with van der Waals surface area (Å²) < 4.78 is 28.5. The number of aromatic nitrogens is 2. The maximum absolute atomic E-state index is 12.3. The molecule has 1 aromatic heterocycles. The predicted octanol–water partition coefficient (Wildman–Crippen LogP) is 1.55. The van der Waals surface area contributed by atoms with Gasteiger partial charge in [0.2, 0.25) is 0 Å². The molecule has 1 aromatic carbocycles. The highest BCUT2D eigenvalue weighted by atomic mass is 32.2. The van der Waals surface area contributed by atoms with Crippen LogP contribution in [-0.4, -0.2) is 18.2 Å². The molecule has 0 unspecified atom stereocenters. The first-order chi connectivity index (χ1) is 9.96. The van der Waals surface area contributed by atoms with Crippen molar-refractivity contribution >= 4 is 21.5 Å². The number of nitrogens with zero attached hydrogens (tertiary/aromatic N) is 3. The second-order valence-corrected chi connectivity index (χ2v) is 6.09. The number of aryl methyl sites for hydroxylation is 1. The molecule has 0 aliphatic carbocycles. The molecule has 1 heterocycles. The lowest BCUT2D eigenvalue weighted by Gasteiger charge is -2.06. The smallest absolute Gasteiger partial charge is 0.267 e. The van der Waals surface area contributed by atoms with E-state index in [9.17, 15) is 8.42 Å². The number of hydrogen-bond acceptors (Lipinski definition) is 5. The van der Waals surface area contributed by atoms with Gasteiger partial charge in [-0.25, -0.2) is 8.42 Å². The molecule has 8 heteroatoms. The average Bonchev–Trinajstić information content (AvgIpc) is 2.81. The number of nitrogens with one attached hydrogen (secondary N) is 1. The van der Waals surface area contributed by atoms with E-state index in [2.05, 4.69) is 9.82 Å². The lowest BCUT2D eigenvalue weighted by molar-refractivity contribution is 0.595. The molecule has 0 fully saturated rings. The van der Waals surface area contributed by atoms with Crippen molar-refractivity contribution in [1.29, 1.82) is 5.26 Å². The summed E-state index contributed by atoms with van der Waals surface area (Å²) >= 11 is 0. The van der Waals surface area contributed by atoms with Crippen LogP contribution in [0.5, 0.6) is 0 Å². The first-order valence-corrected chi connectivity index (χ1v) is 7.80. The Labute approximate surface area is 123 Å². The van der Waals surface area contributed by atoms with Crippen LogP contribution in [0, 0.1) is 11.3 Å². The number of rotatable bonds is 5. The summed E-state index contributed by atoms with van der Waals surface area (Å²) in [5.74, 6) is -0.0487. The predicted molar refractivity (Wildman–Crippen MR) is 78.9 cm³/mol. The molecule has 0 atom stereocenters. The van der Waals surface area contributed by atoms with Gasteiger partial charge in [0.25, 0.3) is 10.0 Å². The van der Waals surface area contributed by atoms with Gasteiger partial charge >= 0.3 is 0 Å². The fraction of sp³-hybridized carbons (Fsp3) is 0.231. The van der Waals surface area contributed by atoms with Gasteiger partial charge in [-0.3, -0.25) is 9.40 Å². The first kappa shape index (κ1) is 14.9. The fourth-order valence-electron chi connectivity index (χ4n) is 1.83. The molecule has 21 heavy (non-hydrogen) atoms. The number of sulfonamides is 1. The minimum absolute atomic E-state index is 0.0487. The number of hydrogen-bond donors (Lipinski definition) is 2. The Morgan fingerprint density at radius 1 is 1.48 bits per heavy atom. The van der Waals surface area contributed by atoms with Crippen molar-refractivity contribution in [2.45, 2.75) is 24.8 Å². The zero-order valence-electron chi connectivity index (χ0n) is 11.4. The molecule has 110 valence electrons. The normalized spacial score (nSPS) is 11.0. The number of nitriles is 1. The van der Waals surface area contributed by atoms with Crippen molar-refractivity contribution in [3.63, 3.8) is 0 Å². The largest absolute Gasteiger partial charge is 0.381 e. The summed E-state index contributed by atoms with van der Waals surface area (Å²) in [5, 5.41) is 12.8. The molecule has 2 rings (SSSR count). The van der Waals surface area contributed by atoms with Crippen molar-refractivity contribution < 1.29 is 8.42 Å². The lowest BCUT2D eigenvalue weighted by atomic mass is 10.2. The van der Waals surface area contributed by atoms with Gasteiger partial charge in [-0.1, -0.05) is 13.0 Å². The Hall–Kier alpha value is -2.53. The lowest BCUT2D eigenvalue weighted by Crippen LogP contribution is -2.14. The van der Waals surface area contributed by atoms with E-state index in [1.807, 2.05) is 13.0 Å². The van der Waals surface area contributed by atoms with Gasteiger partial charge in [0.1, 0.15) is 4.90 Å². The van der Waals surface area contributed by atoms with Crippen molar-refractivity contribution in [3.8, 4) is 6.07 Å². The van der Waals surface area contributed by atoms with Crippen molar-refractivity contribution in [2.75, 3.05) is 10.5 Å². The quantitative estimate of drug-likeness (QED) is 0.869. The van der Waals surface area contributed by atoms with E-state index in [4.69, 9.17) is 11.0 Å². The van der Waals surface area contributed by atoms with Gasteiger partial charge in [-0.15, -0.1) is 0 Å². The van der Waals surface area contributed by atoms with E-state index < -0.39 is 10.0 Å². The first-order valence-electron chi connectivity index (χ1n) is 6.32. The summed E-state index contributed by atoms with van der Waals surface area (Å²) in [7, 11) is -3.83. The standard InChI is InChI=1S/C13H15N5O2S/c1-2-6-18-9-12(13(15)16-18)21(19,20)17-11-5-3-4-10(7-11)8-14/h3-5,7,9,17H,2,6H2,1H3,(H2,15,16). The van der Waals surface area contributed by atoms with Crippen LogP contribution in [0.4, 0.5) is 11.5 Å². The highest BCUT2D eigenvalue weighted by Gasteiger charge is 2.21. The fourth-order valence-corrected chi connectivity index (χ4v) is 2.95. The van der Waals surface area contributed by atoms with E-state index in [0.29, 0.717) is 17.8 Å². The van der Waals surface area contributed by atoms with E-state index in [0.717, 1.165) is 6.42 Å². The van der Waals surface area contributed by atoms with Gasteiger partial charge < -0.3 is 5.73 Å². The van der Waals surface area contributed by atoms with E-state index >= 15 is 0 Å². The molecule has 7 nitrogen and oxygen atoms in total. The maximum atomic E-state index is 12.3. The van der Waals surface area contributed by atoms with Crippen LogP contribution in [0.2, 0.25) is 0 Å². The zero-order valence-corrected chi connectivity index (χ0v) is 12.3. The molecule has 2 aromatic rings. The van der Waals surface area contributed by atoms with Crippen LogP contribution in [0.3, 0.4) is 0 Å². The van der Waals surface area contributed by atoms with Crippen LogP contribution < -0.4 is 10.5 Å². The van der Waals surface area contributed by atoms with Gasteiger partial charge in [-0.05, 0) is 24.6 Å². The Kier molecular flexibility index (Phi) is 4.14. The van der Waals surface area contributed by atoms with Crippen molar-refractivity contribution in [3.05, 3.63) is 36.0 Å². The Morgan fingerprint density at radius 3 is 2.90 bits per heavy atom. The van der Waals surface area contributed by atoms with E-state index in [1.165, 1.54) is 16.9 Å². The topological polar surface area (TPSA) is 114 Å². The van der Waals surface area contributed by atoms with Crippen LogP contribution in [-0.2, 0) is 16.6 Å². The molecule has 0 saturated carbocycles. The Balaban J connectivity index is 2.32. The maximum Gasteiger partial charge on any atom is 0.267 e. The monoisotopic (exact) mass is 305 g/mol. The van der Waals surface area contributed by atoms with Crippen LogP contribution >= 0.6 is 0 Å². The molecule has 0 radical (unpaired) electrons. The highest BCUT2D eigenvalue weighted by molar-refractivity contribution is 7.92. The molecule has 0 saturated heterocycles. The number of benzene rings is 1. The number of anilines is 2. The molecule has 0 bridgehead atoms. The number of nitrogens with two attached hydrogens (primary N) is 1. The number of nitrogen functional groups attached to an aromatic ring is 1. The third-order valence-electron chi connectivity index (χ3n) is 2.74. The molecular weight excluding hydrogens is 290 g/mol. The van der Waals surface area contributed by atoms with Gasteiger partial charge in [0, 0.05) is 12.7 Å². The summed E-state index contributed by atoms with van der Waals surface area (Å²) in [6.45, 7) is 2.54. The summed E-state index contributed by atoms with van der Waals surface area (Å²) in [6, 6.07) is 8.14. The second kappa shape index (κ2) is 5.85. The molecule has 0 aliphatic rings. The third kappa shape index (κ3) is 3.32. The van der Waals surface area contributed by atoms with Crippen LogP contribution in [0.15, 0.2) is 35.4 Å². The SMILES string of the molecule is CCCn1cc(S(=O)(=O)Nc2cccc(C#N)c2)c(N)n1. The zero-order chi connectivity index (χ0) is 15.5.